The van der Waals surface area contributed by atoms with Crippen LogP contribution in [0.5, 0.6) is 0 Å². The number of nitrogens with zero attached hydrogens (tertiary/aromatic N) is 3. The van der Waals surface area contributed by atoms with Gasteiger partial charge < -0.3 is 29.5 Å². The van der Waals surface area contributed by atoms with Crippen LogP contribution >= 0.6 is 0 Å². The number of rotatable bonds is 9. The van der Waals surface area contributed by atoms with Crippen molar-refractivity contribution in [2.75, 3.05) is 19.6 Å². The molecule has 3 aliphatic rings. The summed E-state index contributed by atoms with van der Waals surface area (Å²) >= 11 is 0. The maximum atomic E-state index is 12.1. The number of ether oxygens (including phenoxy) is 3. The Kier molecular flexibility index (Phi) is 17.5. The van der Waals surface area contributed by atoms with E-state index in [2.05, 4.69) is 0 Å². The minimum absolute atomic E-state index is 0.0702. The van der Waals surface area contributed by atoms with E-state index >= 15 is 0 Å². The summed E-state index contributed by atoms with van der Waals surface area (Å²) in [6, 6.07) is 25.6. The standard InChI is InChI=1S/3C16H21NO4/c3*1-16(2)8-9-17(13(10-16)14(18)19)15(20)21-11-12-6-4-3-5-7-12/h3*3-7,13H,8-11H2,1-2H3,(H,18,19)/t2*13-;/m10./s1. The van der Waals surface area contributed by atoms with Crippen molar-refractivity contribution in [2.45, 2.75) is 118 Å². The average molecular weight is 874 g/mol. The Labute approximate surface area is 369 Å². The number of carboxylic acid groups (broad SMARTS) is 3. The van der Waals surface area contributed by atoms with E-state index in [0.29, 0.717) is 38.9 Å². The SMILES string of the molecule is CC1(C)CCN(C(=O)OCc2ccccc2)C(C(=O)O)C1.CC1(C)CCN(C(=O)OCc2ccccc2)[C@@H](C(=O)O)C1.CC1(C)CCN(C(=O)OCc2ccccc2)[C@H](C(=O)O)C1. The van der Waals surface area contributed by atoms with Gasteiger partial charge in [0.2, 0.25) is 0 Å². The Morgan fingerprint density at radius 1 is 0.444 bits per heavy atom. The Hall–Kier alpha value is -6.12. The molecule has 3 saturated heterocycles. The highest BCUT2D eigenvalue weighted by molar-refractivity contribution is 5.81. The second-order valence-electron chi connectivity index (χ2n) is 18.6. The highest BCUT2D eigenvalue weighted by Gasteiger charge is 2.42. The Morgan fingerprint density at radius 3 is 0.873 bits per heavy atom. The second-order valence-corrected chi connectivity index (χ2v) is 18.6. The topological polar surface area (TPSA) is 201 Å². The quantitative estimate of drug-likeness (QED) is 0.173. The number of carbonyl (C=O) groups excluding carboxylic acids is 3. The molecule has 0 radical (unpaired) electrons. The summed E-state index contributed by atoms with van der Waals surface area (Å²) in [6.45, 7) is 13.9. The van der Waals surface area contributed by atoms with Gasteiger partial charge in [-0.15, -0.1) is 0 Å². The summed E-state index contributed by atoms with van der Waals surface area (Å²) in [5.74, 6) is -2.92. The molecule has 63 heavy (non-hydrogen) atoms. The molecule has 3 amide bonds. The molecule has 0 spiro atoms. The molecule has 342 valence electrons. The van der Waals surface area contributed by atoms with E-state index in [1.54, 1.807) is 0 Å². The van der Waals surface area contributed by atoms with E-state index in [9.17, 15) is 44.1 Å². The van der Waals surface area contributed by atoms with Crippen molar-refractivity contribution < 1.29 is 58.3 Å². The van der Waals surface area contributed by atoms with Gasteiger partial charge in [-0.05, 0) is 71.5 Å². The maximum Gasteiger partial charge on any atom is 0.410 e. The number of carboxylic acids is 3. The van der Waals surface area contributed by atoms with Crippen molar-refractivity contribution in [1.82, 2.24) is 14.7 Å². The van der Waals surface area contributed by atoms with Gasteiger partial charge in [-0.3, -0.25) is 14.7 Å². The van der Waals surface area contributed by atoms with Crippen molar-refractivity contribution in [3.8, 4) is 0 Å². The molecular formula is C48H63N3O12. The number of aliphatic carboxylic acids is 3. The third-order valence-electron chi connectivity index (χ3n) is 11.6. The first-order valence-corrected chi connectivity index (χ1v) is 21.3. The molecule has 3 atom stereocenters. The van der Waals surface area contributed by atoms with Gasteiger partial charge in [-0.1, -0.05) is 133 Å². The minimum atomic E-state index is -0.973. The molecule has 15 nitrogen and oxygen atoms in total. The van der Waals surface area contributed by atoms with E-state index in [1.165, 1.54) is 14.7 Å². The fourth-order valence-electron chi connectivity index (χ4n) is 7.67. The molecular weight excluding hydrogens is 811 g/mol. The Balaban J connectivity index is 0.000000207. The van der Waals surface area contributed by atoms with E-state index in [0.717, 1.165) is 36.0 Å². The Morgan fingerprint density at radius 2 is 0.667 bits per heavy atom. The fraction of sp³-hybridized carbons (Fsp3) is 0.500. The van der Waals surface area contributed by atoms with Crippen LogP contribution in [0.3, 0.4) is 0 Å². The molecule has 15 heteroatoms. The van der Waals surface area contributed by atoms with Crippen LogP contribution in [0.4, 0.5) is 14.4 Å². The molecule has 3 aromatic carbocycles. The number of amides is 3. The summed E-state index contributed by atoms with van der Waals surface area (Å²) in [5, 5.41) is 28.0. The zero-order chi connectivity index (χ0) is 46.4. The number of carbonyl (C=O) groups is 6. The largest absolute Gasteiger partial charge is 0.480 e. The summed E-state index contributed by atoms with van der Waals surface area (Å²) in [4.78, 5) is 74.5. The average Bonchev–Trinajstić information content (AvgIpc) is 3.24. The molecule has 3 fully saturated rings. The first kappa shape index (κ1) is 49.5. The molecule has 0 bridgehead atoms. The van der Waals surface area contributed by atoms with Gasteiger partial charge in [-0.25, -0.2) is 28.8 Å². The summed E-state index contributed by atoms with van der Waals surface area (Å²) in [7, 11) is 0. The molecule has 0 aromatic heterocycles. The van der Waals surface area contributed by atoms with E-state index in [-0.39, 0.29) is 36.1 Å². The molecule has 0 aliphatic carbocycles. The van der Waals surface area contributed by atoms with Crippen LogP contribution in [0.15, 0.2) is 91.0 Å². The normalized spacial score (nSPS) is 20.9. The number of hydrogen-bond acceptors (Lipinski definition) is 9. The van der Waals surface area contributed by atoms with Crippen LogP contribution in [0.2, 0.25) is 0 Å². The van der Waals surface area contributed by atoms with Crippen molar-refractivity contribution >= 4 is 36.2 Å². The molecule has 1 unspecified atom stereocenters. The van der Waals surface area contributed by atoms with E-state index in [1.807, 2.05) is 133 Å². The van der Waals surface area contributed by atoms with Gasteiger partial charge >= 0.3 is 36.2 Å². The molecule has 3 heterocycles. The van der Waals surface area contributed by atoms with Gasteiger partial charge in [0.05, 0.1) is 0 Å². The second kappa shape index (κ2) is 22.3. The first-order valence-electron chi connectivity index (χ1n) is 21.3. The zero-order valence-corrected chi connectivity index (χ0v) is 37.2. The lowest BCUT2D eigenvalue weighted by molar-refractivity contribution is -0.146. The van der Waals surface area contributed by atoms with E-state index < -0.39 is 54.3 Å². The predicted octanol–water partition coefficient (Wildman–Crippen LogP) is 8.70. The monoisotopic (exact) mass is 873 g/mol. The molecule has 6 rings (SSSR count). The van der Waals surface area contributed by atoms with Crippen molar-refractivity contribution in [3.63, 3.8) is 0 Å². The number of hydrogen-bond donors (Lipinski definition) is 3. The third kappa shape index (κ3) is 15.6. The van der Waals surface area contributed by atoms with E-state index in [4.69, 9.17) is 14.2 Å². The van der Waals surface area contributed by atoms with Gasteiger partial charge in [0.25, 0.3) is 0 Å². The van der Waals surface area contributed by atoms with Gasteiger partial charge in [-0.2, -0.15) is 0 Å². The Bertz CT molecular complexity index is 1760. The molecule has 0 saturated carbocycles. The van der Waals surface area contributed by atoms with Crippen molar-refractivity contribution in [3.05, 3.63) is 108 Å². The lowest BCUT2D eigenvalue weighted by atomic mass is 9.79. The zero-order valence-electron chi connectivity index (χ0n) is 37.2. The number of benzene rings is 3. The summed E-state index contributed by atoms with van der Waals surface area (Å²) in [5.41, 5.74) is 2.44. The maximum absolute atomic E-state index is 12.1. The predicted molar refractivity (Wildman–Crippen MR) is 233 cm³/mol. The van der Waals surface area contributed by atoms with Crippen LogP contribution in [0, 0.1) is 16.2 Å². The summed E-state index contributed by atoms with van der Waals surface area (Å²) in [6.07, 6.45) is 2.00. The van der Waals surface area contributed by atoms with Gasteiger partial charge in [0.1, 0.15) is 37.9 Å². The number of likely N-dealkylation sites (tertiary alicyclic amines) is 3. The van der Waals surface area contributed by atoms with Gasteiger partial charge in [0.15, 0.2) is 0 Å². The smallest absolute Gasteiger partial charge is 0.410 e. The molecule has 3 N–H and O–H groups in total. The third-order valence-corrected chi connectivity index (χ3v) is 11.6. The first-order chi connectivity index (χ1) is 29.7. The van der Waals surface area contributed by atoms with Gasteiger partial charge in [0, 0.05) is 19.6 Å². The van der Waals surface area contributed by atoms with Crippen LogP contribution in [-0.4, -0.2) is 104 Å². The minimum Gasteiger partial charge on any atom is -0.480 e. The molecule has 3 aromatic rings. The fourth-order valence-corrected chi connectivity index (χ4v) is 7.67. The van der Waals surface area contributed by atoms with Crippen LogP contribution in [0.25, 0.3) is 0 Å². The van der Waals surface area contributed by atoms with Crippen molar-refractivity contribution in [2.24, 2.45) is 16.2 Å². The van der Waals surface area contributed by atoms with Crippen LogP contribution in [-0.2, 0) is 48.4 Å². The molecule has 3 aliphatic heterocycles. The van der Waals surface area contributed by atoms with Crippen molar-refractivity contribution in [1.29, 1.82) is 0 Å². The lowest BCUT2D eigenvalue weighted by Gasteiger charge is -2.40. The lowest BCUT2D eigenvalue weighted by Crippen LogP contribution is -2.52. The highest BCUT2D eigenvalue weighted by atomic mass is 16.6. The highest BCUT2D eigenvalue weighted by Crippen LogP contribution is 2.36. The van der Waals surface area contributed by atoms with Crippen LogP contribution in [0.1, 0.15) is 96.8 Å². The number of piperidine rings is 3. The van der Waals surface area contributed by atoms with Crippen LogP contribution < -0.4 is 0 Å². The summed E-state index contributed by atoms with van der Waals surface area (Å²) < 4.78 is 15.7.